The molecule has 3 saturated carbocycles. The van der Waals surface area contributed by atoms with E-state index in [0.717, 1.165) is 56.4 Å². The van der Waals surface area contributed by atoms with E-state index in [2.05, 4.69) is 45.8 Å². The molecule has 1 aromatic heterocycles. The molecular weight excluding hydrogens is 524 g/mol. The lowest BCUT2D eigenvalue weighted by Gasteiger charge is -2.68. The molecule has 0 radical (unpaired) electrons. The maximum atomic E-state index is 14.7. The number of nitriles is 1. The molecule has 0 bridgehead atoms. The van der Waals surface area contributed by atoms with Crippen molar-refractivity contribution in [3.05, 3.63) is 35.0 Å². The van der Waals surface area contributed by atoms with Crippen LogP contribution in [0.25, 0.3) is 0 Å². The van der Waals surface area contributed by atoms with Crippen LogP contribution in [-0.4, -0.2) is 40.7 Å². The second kappa shape index (κ2) is 8.97. The first-order chi connectivity index (χ1) is 19.4. The SMILES string of the molecule is CN(C)Cc1noc([C@]23CCC(C)(C)C[C@H]2[C@H]2C(=O)C=C4[C@@]5(C)C=C(C#N)C(=O)C(C)(C)[C@@H]5CC[C@@]4(C)[C@]2(C)CC3)n1. The molecule has 7 atom stereocenters. The maximum absolute atomic E-state index is 14.7. The maximum Gasteiger partial charge on any atom is 0.233 e. The highest BCUT2D eigenvalue weighted by atomic mass is 16.5. The largest absolute Gasteiger partial charge is 0.339 e. The highest BCUT2D eigenvalue weighted by Crippen LogP contribution is 2.74. The number of Topliss-reactive ketones (excluding diaryl/α,β-unsaturated/α-hetero) is 1. The van der Waals surface area contributed by atoms with Gasteiger partial charge in [-0.1, -0.05) is 65.3 Å². The molecule has 5 aliphatic carbocycles. The third kappa shape index (κ3) is 3.72. The number of hydrogen-bond acceptors (Lipinski definition) is 7. The molecule has 7 nitrogen and oxygen atoms in total. The summed E-state index contributed by atoms with van der Waals surface area (Å²) in [7, 11) is 4.01. The molecule has 3 fully saturated rings. The first kappa shape index (κ1) is 29.5. The van der Waals surface area contributed by atoms with Crippen molar-refractivity contribution in [3.63, 3.8) is 0 Å². The Balaban J connectivity index is 1.50. The van der Waals surface area contributed by atoms with E-state index in [4.69, 9.17) is 9.51 Å². The Labute approximate surface area is 251 Å². The second-order valence-corrected chi connectivity index (χ2v) is 16.7. The summed E-state index contributed by atoms with van der Waals surface area (Å²) in [5, 5.41) is 14.3. The van der Waals surface area contributed by atoms with Gasteiger partial charge in [0.2, 0.25) is 5.89 Å². The predicted octanol–water partition coefficient (Wildman–Crippen LogP) is 6.60. The average Bonchev–Trinajstić information content (AvgIpc) is 3.35. The van der Waals surface area contributed by atoms with Crippen LogP contribution in [0.1, 0.15) is 105 Å². The van der Waals surface area contributed by atoms with Crippen LogP contribution in [0.15, 0.2) is 27.8 Å². The van der Waals surface area contributed by atoms with E-state index in [0.29, 0.717) is 12.4 Å². The van der Waals surface area contributed by atoms with Gasteiger partial charge in [0, 0.05) is 16.7 Å². The van der Waals surface area contributed by atoms with Gasteiger partial charge in [0.15, 0.2) is 17.4 Å². The minimum Gasteiger partial charge on any atom is -0.339 e. The van der Waals surface area contributed by atoms with Crippen molar-refractivity contribution in [1.29, 1.82) is 5.26 Å². The smallest absolute Gasteiger partial charge is 0.233 e. The van der Waals surface area contributed by atoms with E-state index < -0.39 is 10.8 Å². The minimum atomic E-state index is -0.658. The Kier molecular flexibility index (Phi) is 6.30. The fraction of sp³-hybridized carbons (Fsp3) is 0.743. The first-order valence-corrected chi connectivity index (χ1v) is 15.9. The Morgan fingerprint density at radius 2 is 1.71 bits per heavy atom. The Morgan fingerprint density at radius 3 is 2.38 bits per heavy atom. The number of hydrogen-bond donors (Lipinski definition) is 0. The molecule has 6 rings (SSSR count). The van der Waals surface area contributed by atoms with Gasteiger partial charge in [0.05, 0.1) is 17.5 Å². The minimum absolute atomic E-state index is 0.0479. The normalized spacial score (nSPS) is 42.0. The lowest BCUT2D eigenvalue weighted by Crippen LogP contribution is -2.65. The summed E-state index contributed by atoms with van der Waals surface area (Å²) >= 11 is 0. The summed E-state index contributed by atoms with van der Waals surface area (Å²) in [4.78, 5) is 35.1. The molecule has 7 heteroatoms. The Bertz CT molecular complexity index is 1460. The van der Waals surface area contributed by atoms with Crippen molar-refractivity contribution in [3.8, 4) is 6.07 Å². The number of carbonyl (C=O) groups excluding carboxylic acids is 2. The summed E-state index contributed by atoms with van der Waals surface area (Å²) in [6.45, 7) is 16.2. The van der Waals surface area contributed by atoms with Crippen molar-refractivity contribution in [2.75, 3.05) is 14.1 Å². The quantitative estimate of drug-likeness (QED) is 0.402. The number of ketones is 2. The van der Waals surface area contributed by atoms with Gasteiger partial charge in [-0.15, -0.1) is 0 Å². The molecule has 0 aromatic carbocycles. The van der Waals surface area contributed by atoms with E-state index in [1.165, 1.54) is 0 Å². The number of rotatable bonds is 3. The highest BCUT2D eigenvalue weighted by Gasteiger charge is 2.70. The summed E-state index contributed by atoms with van der Waals surface area (Å²) in [5.41, 5.74) is -0.482. The van der Waals surface area contributed by atoms with Gasteiger partial charge in [-0.3, -0.25) is 9.59 Å². The zero-order valence-corrected chi connectivity index (χ0v) is 27.1. The van der Waals surface area contributed by atoms with Crippen molar-refractivity contribution in [2.24, 2.45) is 44.8 Å². The van der Waals surface area contributed by atoms with Gasteiger partial charge in [-0.25, -0.2) is 0 Å². The number of aromatic nitrogens is 2. The van der Waals surface area contributed by atoms with Gasteiger partial charge >= 0.3 is 0 Å². The van der Waals surface area contributed by atoms with Gasteiger partial charge in [-0.05, 0) is 93.2 Å². The number of carbonyl (C=O) groups is 2. The van der Waals surface area contributed by atoms with Crippen molar-refractivity contribution < 1.29 is 14.1 Å². The van der Waals surface area contributed by atoms with Gasteiger partial charge in [-0.2, -0.15) is 10.2 Å². The van der Waals surface area contributed by atoms with Crippen LogP contribution in [0.4, 0.5) is 0 Å². The molecule has 226 valence electrons. The zero-order chi connectivity index (χ0) is 30.7. The van der Waals surface area contributed by atoms with Crippen LogP contribution in [0.3, 0.4) is 0 Å². The fourth-order valence-electron chi connectivity index (χ4n) is 10.8. The molecule has 5 aliphatic rings. The Hall–Kier alpha value is -2.59. The summed E-state index contributed by atoms with van der Waals surface area (Å²) in [6.07, 6.45) is 10.5. The molecule has 0 saturated heterocycles. The summed E-state index contributed by atoms with van der Waals surface area (Å²) in [5.74, 6) is 1.56. The summed E-state index contributed by atoms with van der Waals surface area (Å²) < 4.78 is 6.07. The monoisotopic (exact) mass is 572 g/mol. The third-order valence-corrected chi connectivity index (χ3v) is 13.2. The number of fused-ring (bicyclic) bond motifs is 7. The van der Waals surface area contributed by atoms with Crippen molar-refractivity contribution >= 4 is 11.6 Å². The van der Waals surface area contributed by atoms with Crippen LogP contribution in [0, 0.1) is 56.2 Å². The molecule has 0 unspecified atom stereocenters. The van der Waals surface area contributed by atoms with Gasteiger partial charge < -0.3 is 9.42 Å². The molecule has 42 heavy (non-hydrogen) atoms. The van der Waals surface area contributed by atoms with Crippen LogP contribution in [0.5, 0.6) is 0 Å². The molecule has 0 aliphatic heterocycles. The van der Waals surface area contributed by atoms with Crippen LogP contribution >= 0.6 is 0 Å². The molecule has 0 spiro atoms. The fourth-order valence-corrected chi connectivity index (χ4v) is 10.8. The van der Waals surface area contributed by atoms with Gasteiger partial charge in [0.1, 0.15) is 6.07 Å². The standard InChI is InChI=1S/C35H48N4O3/c1-30(2)12-14-35(29-37-26(38-42-29)20-39(8)9)15-13-34(7)27(22(35)18-30)23(40)16-25-32(5)17-21(19-36)28(41)31(3,4)24(32)10-11-33(25,34)6/h16-17,22,24,27H,10-15,18,20H2,1-9H3/t22-,24-,27-,32-,33+,34+,35-/m0/s1. The lowest BCUT2D eigenvalue weighted by molar-refractivity contribution is -0.161. The average molecular weight is 573 g/mol. The highest BCUT2D eigenvalue weighted by molar-refractivity contribution is 6.04. The molecule has 1 heterocycles. The zero-order valence-electron chi connectivity index (χ0n) is 27.1. The van der Waals surface area contributed by atoms with E-state index in [9.17, 15) is 14.9 Å². The van der Waals surface area contributed by atoms with Crippen molar-refractivity contribution in [1.82, 2.24) is 15.0 Å². The van der Waals surface area contributed by atoms with E-state index in [1.54, 1.807) is 0 Å². The first-order valence-electron chi connectivity index (χ1n) is 15.9. The Morgan fingerprint density at radius 1 is 1.02 bits per heavy atom. The third-order valence-electron chi connectivity index (χ3n) is 13.2. The van der Waals surface area contributed by atoms with E-state index in [-0.39, 0.29) is 56.6 Å². The number of nitrogens with zero attached hydrogens (tertiary/aromatic N) is 4. The van der Waals surface area contributed by atoms with Gasteiger partial charge in [0.25, 0.3) is 0 Å². The second-order valence-electron chi connectivity index (χ2n) is 16.7. The molecule has 0 N–H and O–H groups in total. The predicted molar refractivity (Wildman–Crippen MR) is 160 cm³/mol. The van der Waals surface area contributed by atoms with Crippen molar-refractivity contribution in [2.45, 2.75) is 105 Å². The summed E-state index contributed by atoms with van der Waals surface area (Å²) in [6, 6.07) is 2.21. The molecule has 1 aromatic rings. The van der Waals surface area contributed by atoms with Crippen LogP contribution in [0.2, 0.25) is 0 Å². The topological polar surface area (TPSA) is 100 Å². The lowest BCUT2D eigenvalue weighted by atomic mass is 9.34. The number of allylic oxidation sites excluding steroid dienone is 4. The van der Waals surface area contributed by atoms with E-state index >= 15 is 0 Å². The van der Waals surface area contributed by atoms with Crippen LogP contribution < -0.4 is 0 Å². The molecule has 0 amide bonds. The molecular formula is C35H48N4O3. The van der Waals surface area contributed by atoms with Crippen LogP contribution in [-0.2, 0) is 21.5 Å². The van der Waals surface area contributed by atoms with E-state index in [1.807, 2.05) is 45.0 Å².